The van der Waals surface area contributed by atoms with Gasteiger partial charge in [-0.15, -0.1) is 0 Å². The fourth-order valence-electron chi connectivity index (χ4n) is 3.38. The van der Waals surface area contributed by atoms with Crippen LogP contribution in [0.25, 0.3) is 0 Å². The molecule has 1 fully saturated rings. The Morgan fingerprint density at radius 1 is 1.26 bits per heavy atom. The van der Waals surface area contributed by atoms with Crippen LogP contribution >= 0.6 is 0 Å². The molecule has 6 heteroatoms. The molecule has 0 aliphatic carbocycles. The maximum absolute atomic E-state index is 13.1. The molecule has 0 aromatic heterocycles. The van der Waals surface area contributed by atoms with Gasteiger partial charge in [0.2, 0.25) is 0 Å². The Hall–Kier alpha value is -2.08. The van der Waals surface area contributed by atoms with Gasteiger partial charge in [-0.3, -0.25) is 9.59 Å². The fourth-order valence-corrected chi connectivity index (χ4v) is 3.38. The first kappa shape index (κ1) is 21.2. The number of benzene rings is 1. The van der Waals surface area contributed by atoms with Crippen molar-refractivity contribution in [1.29, 1.82) is 0 Å². The zero-order chi connectivity index (χ0) is 20.0. The average molecular weight is 377 g/mol. The average Bonchev–Trinajstić information content (AvgIpc) is 2.62. The van der Waals surface area contributed by atoms with E-state index in [2.05, 4.69) is 13.8 Å². The lowest BCUT2D eigenvalue weighted by Gasteiger charge is -2.35. The normalized spacial score (nSPS) is 16.2. The molecule has 150 valence electrons. The van der Waals surface area contributed by atoms with Crippen LogP contribution in [0.3, 0.4) is 0 Å². The molecule has 1 aromatic rings. The molecule has 2 rings (SSSR count). The summed E-state index contributed by atoms with van der Waals surface area (Å²) in [5.74, 6) is -0.0777. The van der Waals surface area contributed by atoms with E-state index in [9.17, 15) is 9.59 Å². The van der Waals surface area contributed by atoms with Gasteiger partial charge in [0.1, 0.15) is 5.75 Å². The standard InChI is InChI=1S/C21H31NO5/c1-14(2)18-6-5-15(3)13-19(18)27-16(4)21(25)22(10-7-20(23)24)17-8-11-26-12-9-17/h5-6,13-14,16-17H,7-12H2,1-4H3,(H,23,24). The summed E-state index contributed by atoms with van der Waals surface area (Å²) in [6, 6.07) is 6.02. The molecule has 1 unspecified atom stereocenters. The zero-order valence-electron chi connectivity index (χ0n) is 16.7. The van der Waals surface area contributed by atoms with E-state index in [1.165, 1.54) is 0 Å². The van der Waals surface area contributed by atoms with Crippen molar-refractivity contribution in [3.63, 3.8) is 0 Å². The summed E-state index contributed by atoms with van der Waals surface area (Å²) in [6.45, 7) is 9.28. The number of hydrogen-bond donors (Lipinski definition) is 1. The highest BCUT2D eigenvalue weighted by Crippen LogP contribution is 2.29. The molecule has 0 spiro atoms. The minimum absolute atomic E-state index is 0.00118. The highest BCUT2D eigenvalue weighted by Gasteiger charge is 2.30. The van der Waals surface area contributed by atoms with E-state index in [1.807, 2.05) is 25.1 Å². The van der Waals surface area contributed by atoms with Crippen molar-refractivity contribution < 1.29 is 24.2 Å². The van der Waals surface area contributed by atoms with E-state index in [1.54, 1.807) is 11.8 Å². The first-order chi connectivity index (χ1) is 12.8. The first-order valence-electron chi connectivity index (χ1n) is 9.66. The Labute approximate surface area is 161 Å². The van der Waals surface area contributed by atoms with Crippen LogP contribution in [0.1, 0.15) is 57.1 Å². The van der Waals surface area contributed by atoms with Gasteiger partial charge in [0.15, 0.2) is 6.10 Å². The summed E-state index contributed by atoms with van der Waals surface area (Å²) in [4.78, 5) is 25.8. The predicted molar refractivity (Wildman–Crippen MR) is 103 cm³/mol. The number of amides is 1. The van der Waals surface area contributed by atoms with Crippen molar-refractivity contribution in [2.24, 2.45) is 0 Å². The lowest BCUT2D eigenvalue weighted by atomic mass is 10.0. The Bertz CT molecular complexity index is 652. The highest BCUT2D eigenvalue weighted by molar-refractivity contribution is 5.82. The van der Waals surface area contributed by atoms with Crippen LogP contribution in [0.5, 0.6) is 5.75 Å². The minimum atomic E-state index is -0.908. The van der Waals surface area contributed by atoms with E-state index >= 15 is 0 Å². The molecule has 1 heterocycles. The smallest absolute Gasteiger partial charge is 0.305 e. The Morgan fingerprint density at radius 2 is 1.93 bits per heavy atom. The van der Waals surface area contributed by atoms with Crippen LogP contribution in [-0.4, -0.2) is 53.8 Å². The maximum atomic E-state index is 13.1. The summed E-state index contributed by atoms with van der Waals surface area (Å²) in [5.41, 5.74) is 2.13. The number of carboxylic acids is 1. The summed E-state index contributed by atoms with van der Waals surface area (Å²) < 4.78 is 11.4. The SMILES string of the molecule is Cc1ccc(C(C)C)c(OC(C)C(=O)N(CCC(=O)O)C2CCOCC2)c1. The molecular formula is C21H31NO5. The Morgan fingerprint density at radius 3 is 2.52 bits per heavy atom. The van der Waals surface area contributed by atoms with Crippen LogP contribution in [0.2, 0.25) is 0 Å². The van der Waals surface area contributed by atoms with Crippen molar-refractivity contribution in [3.05, 3.63) is 29.3 Å². The Balaban J connectivity index is 2.16. The lowest BCUT2D eigenvalue weighted by molar-refractivity contribution is -0.144. The fraction of sp³-hybridized carbons (Fsp3) is 0.619. The number of ether oxygens (including phenoxy) is 2. The molecule has 1 saturated heterocycles. The third-order valence-corrected chi connectivity index (χ3v) is 4.92. The second kappa shape index (κ2) is 9.74. The number of hydrogen-bond acceptors (Lipinski definition) is 4. The molecule has 27 heavy (non-hydrogen) atoms. The molecular weight excluding hydrogens is 346 g/mol. The van der Waals surface area contributed by atoms with Gasteiger partial charge < -0.3 is 19.5 Å². The molecule has 1 aromatic carbocycles. The third-order valence-electron chi connectivity index (χ3n) is 4.92. The molecule has 0 radical (unpaired) electrons. The summed E-state index contributed by atoms with van der Waals surface area (Å²) >= 11 is 0. The van der Waals surface area contributed by atoms with Crippen LogP contribution in [0.4, 0.5) is 0 Å². The number of carbonyl (C=O) groups is 2. The minimum Gasteiger partial charge on any atom is -0.481 e. The number of aryl methyl sites for hydroxylation is 1. The van der Waals surface area contributed by atoms with Gasteiger partial charge in [0.25, 0.3) is 5.91 Å². The van der Waals surface area contributed by atoms with Gasteiger partial charge >= 0.3 is 5.97 Å². The van der Waals surface area contributed by atoms with E-state index in [4.69, 9.17) is 14.6 Å². The van der Waals surface area contributed by atoms with Gasteiger partial charge in [-0.05, 0) is 49.8 Å². The molecule has 0 saturated carbocycles. The summed E-state index contributed by atoms with van der Waals surface area (Å²) in [7, 11) is 0. The van der Waals surface area contributed by atoms with Crippen molar-refractivity contribution in [3.8, 4) is 5.75 Å². The number of rotatable bonds is 8. The highest BCUT2D eigenvalue weighted by atomic mass is 16.5. The molecule has 1 amide bonds. The predicted octanol–water partition coefficient (Wildman–Crippen LogP) is 3.37. The van der Waals surface area contributed by atoms with Gasteiger partial charge in [-0.25, -0.2) is 0 Å². The van der Waals surface area contributed by atoms with E-state index in [0.29, 0.717) is 13.2 Å². The van der Waals surface area contributed by atoms with Crippen LogP contribution in [0, 0.1) is 6.92 Å². The first-order valence-corrected chi connectivity index (χ1v) is 9.66. The number of carbonyl (C=O) groups excluding carboxylic acids is 1. The van der Waals surface area contributed by atoms with Crippen LogP contribution < -0.4 is 4.74 Å². The van der Waals surface area contributed by atoms with Crippen molar-refractivity contribution in [1.82, 2.24) is 4.90 Å². The number of nitrogens with zero attached hydrogens (tertiary/aromatic N) is 1. The molecule has 0 bridgehead atoms. The lowest BCUT2D eigenvalue weighted by Crippen LogP contribution is -2.49. The second-order valence-corrected chi connectivity index (χ2v) is 7.47. The third kappa shape index (κ3) is 5.96. The zero-order valence-corrected chi connectivity index (χ0v) is 16.7. The van der Waals surface area contributed by atoms with Gasteiger partial charge in [0.05, 0.1) is 6.42 Å². The van der Waals surface area contributed by atoms with Crippen molar-refractivity contribution in [2.75, 3.05) is 19.8 Å². The van der Waals surface area contributed by atoms with E-state index in [-0.39, 0.29) is 30.8 Å². The largest absolute Gasteiger partial charge is 0.481 e. The summed E-state index contributed by atoms with van der Waals surface area (Å²) in [6.07, 6.45) is 0.692. The topological polar surface area (TPSA) is 76.1 Å². The monoisotopic (exact) mass is 377 g/mol. The van der Waals surface area contributed by atoms with Crippen LogP contribution in [0.15, 0.2) is 18.2 Å². The number of aliphatic carboxylic acids is 1. The molecule has 1 atom stereocenters. The number of carboxylic acid groups (broad SMARTS) is 1. The van der Waals surface area contributed by atoms with Gasteiger partial charge in [-0.2, -0.15) is 0 Å². The molecule has 1 aliphatic heterocycles. The quantitative estimate of drug-likeness (QED) is 0.752. The van der Waals surface area contributed by atoms with Crippen LogP contribution in [-0.2, 0) is 14.3 Å². The van der Waals surface area contributed by atoms with Crippen molar-refractivity contribution >= 4 is 11.9 Å². The Kier molecular flexibility index (Phi) is 7.66. The van der Waals surface area contributed by atoms with Gasteiger partial charge in [-0.1, -0.05) is 26.0 Å². The molecule has 1 N–H and O–H groups in total. The summed E-state index contributed by atoms with van der Waals surface area (Å²) in [5, 5.41) is 9.05. The molecule has 1 aliphatic rings. The van der Waals surface area contributed by atoms with E-state index < -0.39 is 12.1 Å². The second-order valence-electron chi connectivity index (χ2n) is 7.47. The maximum Gasteiger partial charge on any atom is 0.305 e. The molecule has 6 nitrogen and oxygen atoms in total. The van der Waals surface area contributed by atoms with E-state index in [0.717, 1.165) is 29.7 Å². The van der Waals surface area contributed by atoms with Crippen molar-refractivity contribution in [2.45, 2.75) is 65.0 Å². The van der Waals surface area contributed by atoms with Gasteiger partial charge in [0, 0.05) is 25.8 Å².